The topological polar surface area (TPSA) is 188 Å². The molecule has 4 aromatic rings. The average molecular weight is 797 g/mol. The van der Waals surface area contributed by atoms with E-state index < -0.39 is 48.8 Å². The molecule has 0 fully saturated rings. The minimum Gasteiger partial charge on any atom is -0.393 e. The van der Waals surface area contributed by atoms with E-state index in [0.29, 0.717) is 77.0 Å². The van der Waals surface area contributed by atoms with E-state index in [2.05, 4.69) is 9.97 Å². The third kappa shape index (κ3) is 17.4. The first kappa shape index (κ1) is 46.6. The fraction of sp³-hybridized carbons (Fsp3) is 0.458. The van der Waals surface area contributed by atoms with Crippen molar-refractivity contribution in [1.82, 2.24) is 9.97 Å². The summed E-state index contributed by atoms with van der Waals surface area (Å²) in [5.41, 5.74) is 6.90. The maximum Gasteiger partial charge on any atom is 0.0892 e. The van der Waals surface area contributed by atoms with Gasteiger partial charge in [0, 0.05) is 12.4 Å². The van der Waals surface area contributed by atoms with Gasteiger partial charge in [-0.3, -0.25) is 9.97 Å². The molecule has 0 spiro atoms. The third-order valence-corrected chi connectivity index (χ3v) is 10.5. The molecule has 0 amide bonds. The quantitative estimate of drug-likeness (QED) is 0.0335. The van der Waals surface area contributed by atoms with Gasteiger partial charge in [0.1, 0.15) is 0 Å². The molecule has 2 aromatic heterocycles. The molecule has 58 heavy (non-hydrogen) atoms. The highest BCUT2D eigenvalue weighted by Gasteiger charge is 2.16. The maximum atomic E-state index is 10.7. The first-order valence-electron chi connectivity index (χ1n) is 20.8. The van der Waals surface area contributed by atoms with Crippen LogP contribution in [0.1, 0.15) is 136 Å². The molecular weight excluding hydrogens is 733 g/mol. The minimum atomic E-state index is -0.697. The van der Waals surface area contributed by atoms with Gasteiger partial charge in [-0.2, -0.15) is 0 Å². The van der Waals surface area contributed by atoms with Crippen molar-refractivity contribution in [2.75, 3.05) is 0 Å². The van der Waals surface area contributed by atoms with Crippen LogP contribution >= 0.6 is 0 Å². The van der Waals surface area contributed by atoms with Crippen LogP contribution in [0.4, 0.5) is 0 Å². The number of nitrogens with zero attached hydrogens (tertiary/aromatic N) is 2. The van der Waals surface area contributed by atoms with Crippen molar-refractivity contribution >= 4 is 24.3 Å². The molecule has 0 saturated heterocycles. The van der Waals surface area contributed by atoms with Crippen LogP contribution in [0.15, 0.2) is 85.2 Å². The summed E-state index contributed by atoms with van der Waals surface area (Å²) >= 11 is 0. The molecule has 8 N–H and O–H groups in total. The largest absolute Gasteiger partial charge is 0.393 e. The monoisotopic (exact) mass is 796 g/mol. The number of hydrogen-bond acceptors (Lipinski definition) is 10. The Hall–Kier alpha value is -4.10. The van der Waals surface area contributed by atoms with Gasteiger partial charge < -0.3 is 40.9 Å². The van der Waals surface area contributed by atoms with E-state index in [4.69, 9.17) is 0 Å². The fourth-order valence-corrected chi connectivity index (χ4v) is 6.67. The van der Waals surface area contributed by atoms with E-state index in [9.17, 15) is 40.9 Å². The molecule has 2 heterocycles. The van der Waals surface area contributed by atoms with Gasteiger partial charge >= 0.3 is 0 Å². The molecule has 0 aliphatic carbocycles. The van der Waals surface area contributed by atoms with Crippen LogP contribution < -0.4 is 0 Å². The predicted octanol–water partition coefficient (Wildman–Crippen LogP) is 7.44. The van der Waals surface area contributed by atoms with E-state index >= 15 is 0 Å². The number of hydrogen-bond donors (Lipinski definition) is 8. The Bertz CT molecular complexity index is 1680. The van der Waals surface area contributed by atoms with Gasteiger partial charge in [-0.05, 0) is 149 Å². The van der Waals surface area contributed by atoms with Crippen molar-refractivity contribution in [3.05, 3.63) is 119 Å². The van der Waals surface area contributed by atoms with Crippen molar-refractivity contribution in [3.63, 3.8) is 0 Å². The number of pyridine rings is 2. The highest BCUT2D eigenvalue weighted by atomic mass is 16.3. The number of aliphatic hydroxyl groups excluding tert-OH is 8. The van der Waals surface area contributed by atoms with Gasteiger partial charge in [0.05, 0.1) is 60.2 Å². The molecular formula is C48H64N2O8. The summed E-state index contributed by atoms with van der Waals surface area (Å²) in [5, 5.41) is 80.9. The first-order chi connectivity index (χ1) is 27.8. The van der Waals surface area contributed by atoms with Crippen LogP contribution in [-0.2, 0) is 0 Å². The first-order valence-corrected chi connectivity index (χ1v) is 20.8. The Morgan fingerprint density at radius 3 is 1.00 bits per heavy atom. The smallest absolute Gasteiger partial charge is 0.0892 e. The van der Waals surface area contributed by atoms with Gasteiger partial charge in [-0.1, -0.05) is 72.8 Å². The number of aliphatic hydroxyl groups is 8. The normalized spacial score (nSPS) is 16.2. The molecule has 0 radical (unpaired) electrons. The summed E-state index contributed by atoms with van der Waals surface area (Å²) in [4.78, 5) is 9.11. The molecule has 0 aliphatic rings. The molecule has 10 heteroatoms. The molecule has 4 rings (SSSR count). The standard InChI is InChI=1S/C48H64N2O8/c1-33(51)3-17-41(53)19-21-43(55)23-25-47(57)39-13-9-35(10-14-39)5-7-37-27-29-49-45(31-37)46-32-38(28-30-50-46)8-6-36-11-15-40(16-12-36)48(58)26-24-44(56)22-20-42(54)18-4-34(2)52/h5-16,27-34,41-44,47-48,51-58H,3-4,17-26H2,1-2H3. The van der Waals surface area contributed by atoms with Crippen LogP contribution in [0.3, 0.4) is 0 Å². The minimum absolute atomic E-state index is 0.416. The third-order valence-electron chi connectivity index (χ3n) is 10.5. The van der Waals surface area contributed by atoms with Crippen LogP contribution in [0.5, 0.6) is 0 Å². The molecule has 8 atom stereocenters. The number of rotatable bonds is 25. The Labute approximate surface area is 344 Å². The second-order valence-corrected chi connectivity index (χ2v) is 15.8. The van der Waals surface area contributed by atoms with Crippen molar-refractivity contribution in [2.45, 2.75) is 140 Å². The highest BCUT2D eigenvalue weighted by molar-refractivity contribution is 5.74. The second-order valence-electron chi connectivity index (χ2n) is 15.8. The lowest BCUT2D eigenvalue weighted by molar-refractivity contribution is 0.0782. The van der Waals surface area contributed by atoms with Crippen LogP contribution in [0.25, 0.3) is 35.7 Å². The molecule has 314 valence electrons. The summed E-state index contributed by atoms with van der Waals surface area (Å²) in [7, 11) is 0. The predicted molar refractivity (Wildman–Crippen MR) is 231 cm³/mol. The lowest BCUT2D eigenvalue weighted by atomic mass is 9.98. The summed E-state index contributed by atoms with van der Waals surface area (Å²) in [6.45, 7) is 3.39. The summed E-state index contributed by atoms with van der Waals surface area (Å²) in [5.74, 6) is 0. The molecule has 8 unspecified atom stereocenters. The number of aromatic nitrogens is 2. The molecule has 0 saturated carbocycles. The maximum absolute atomic E-state index is 10.7. The lowest BCUT2D eigenvalue weighted by Crippen LogP contribution is -2.15. The average Bonchev–Trinajstić information content (AvgIpc) is 3.23. The zero-order valence-corrected chi connectivity index (χ0v) is 34.0. The van der Waals surface area contributed by atoms with Gasteiger partial charge in [0.25, 0.3) is 0 Å². The molecule has 10 nitrogen and oxygen atoms in total. The zero-order valence-electron chi connectivity index (χ0n) is 34.0. The van der Waals surface area contributed by atoms with Crippen LogP contribution in [-0.4, -0.2) is 87.4 Å². The van der Waals surface area contributed by atoms with Gasteiger partial charge in [-0.25, -0.2) is 0 Å². The summed E-state index contributed by atoms with van der Waals surface area (Å²) in [6, 6.07) is 23.2. The molecule has 0 aliphatic heterocycles. The van der Waals surface area contributed by atoms with Crippen molar-refractivity contribution in [1.29, 1.82) is 0 Å². The van der Waals surface area contributed by atoms with Gasteiger partial charge in [-0.15, -0.1) is 0 Å². The van der Waals surface area contributed by atoms with E-state index in [0.717, 1.165) is 44.8 Å². The molecule has 2 aromatic carbocycles. The van der Waals surface area contributed by atoms with Crippen molar-refractivity contribution in [2.24, 2.45) is 0 Å². The van der Waals surface area contributed by atoms with E-state index in [1.807, 2.05) is 97.1 Å². The fourth-order valence-electron chi connectivity index (χ4n) is 6.67. The van der Waals surface area contributed by atoms with Crippen LogP contribution in [0.2, 0.25) is 0 Å². The van der Waals surface area contributed by atoms with E-state index in [1.165, 1.54) is 0 Å². The Morgan fingerprint density at radius 1 is 0.379 bits per heavy atom. The van der Waals surface area contributed by atoms with Gasteiger partial charge in [0.15, 0.2) is 0 Å². The number of benzene rings is 2. The lowest BCUT2D eigenvalue weighted by Gasteiger charge is -2.17. The molecule has 0 bridgehead atoms. The second kappa shape index (κ2) is 24.7. The Kier molecular flexibility index (Phi) is 19.9. The van der Waals surface area contributed by atoms with Crippen molar-refractivity contribution in [3.8, 4) is 11.4 Å². The van der Waals surface area contributed by atoms with Gasteiger partial charge in [0.2, 0.25) is 0 Å². The van der Waals surface area contributed by atoms with E-state index in [-0.39, 0.29) is 0 Å². The zero-order chi connectivity index (χ0) is 41.9. The highest BCUT2D eigenvalue weighted by Crippen LogP contribution is 2.25. The van der Waals surface area contributed by atoms with Crippen LogP contribution in [0, 0.1) is 0 Å². The Morgan fingerprint density at radius 2 is 0.672 bits per heavy atom. The van der Waals surface area contributed by atoms with E-state index in [1.54, 1.807) is 26.2 Å². The van der Waals surface area contributed by atoms with Crippen molar-refractivity contribution < 1.29 is 40.9 Å². The SMILES string of the molecule is CC(O)CCC(O)CCC(O)CCC(O)c1ccc(C=Cc2ccnc(-c3cc(C=Cc4ccc(C(O)CCC(O)CCC(O)CCC(C)O)cc4)ccn3)c2)cc1. The summed E-state index contributed by atoms with van der Waals surface area (Å²) < 4.78 is 0. The summed E-state index contributed by atoms with van der Waals surface area (Å²) in [6.07, 6.45) is 12.5. The Balaban J connectivity index is 1.24.